The van der Waals surface area contributed by atoms with Crippen LogP contribution >= 0.6 is 0 Å². The lowest BCUT2D eigenvalue weighted by Crippen LogP contribution is -2.20. The summed E-state index contributed by atoms with van der Waals surface area (Å²) in [6, 6.07) is 0. The van der Waals surface area contributed by atoms with E-state index in [-0.39, 0.29) is 0 Å². The maximum atomic E-state index is 2.46. The minimum atomic E-state index is 0.298. The Labute approximate surface area is 249 Å². The van der Waals surface area contributed by atoms with E-state index in [1.807, 2.05) is 0 Å². The number of allylic oxidation sites excluding steroid dienone is 18. The third-order valence-electron chi connectivity index (χ3n) is 9.11. The van der Waals surface area contributed by atoms with Crippen LogP contribution in [0.1, 0.15) is 133 Å². The van der Waals surface area contributed by atoms with E-state index in [2.05, 4.69) is 130 Å². The van der Waals surface area contributed by atoms with Gasteiger partial charge in [0.1, 0.15) is 0 Å². The van der Waals surface area contributed by atoms with Gasteiger partial charge in [-0.25, -0.2) is 0 Å². The molecule has 220 valence electrons. The fourth-order valence-corrected chi connectivity index (χ4v) is 6.40. The summed E-state index contributed by atoms with van der Waals surface area (Å²) in [5, 5.41) is 0. The predicted molar refractivity (Wildman–Crippen MR) is 182 cm³/mol. The van der Waals surface area contributed by atoms with E-state index in [4.69, 9.17) is 0 Å². The zero-order valence-corrected chi connectivity index (χ0v) is 27.8. The lowest BCUT2D eigenvalue weighted by molar-refractivity contribution is 0.354. The van der Waals surface area contributed by atoms with E-state index in [1.165, 1.54) is 73.7 Å². The second-order valence-corrected chi connectivity index (χ2v) is 13.9. The highest BCUT2D eigenvalue weighted by Crippen LogP contribution is 2.43. The van der Waals surface area contributed by atoms with E-state index in [1.54, 1.807) is 22.3 Å². The first-order chi connectivity index (χ1) is 18.8. The normalized spacial score (nSPS) is 21.6. The summed E-state index contributed by atoms with van der Waals surface area (Å²) < 4.78 is 0. The fourth-order valence-electron chi connectivity index (χ4n) is 6.40. The highest BCUT2D eigenvalue weighted by atomic mass is 14.3. The fraction of sp³-hybridized carbons (Fsp3) is 0.550. The van der Waals surface area contributed by atoms with Crippen LogP contribution in [-0.2, 0) is 0 Å². The summed E-state index contributed by atoms with van der Waals surface area (Å²) in [7, 11) is 0. The van der Waals surface area contributed by atoms with Gasteiger partial charge in [-0.1, -0.05) is 127 Å². The Kier molecular flexibility index (Phi) is 13.7. The van der Waals surface area contributed by atoms with Gasteiger partial charge in [0.2, 0.25) is 0 Å². The molecule has 0 radical (unpaired) electrons. The maximum Gasteiger partial charge on any atom is -0.0104 e. The smallest absolute Gasteiger partial charge is 0.0104 e. The van der Waals surface area contributed by atoms with Crippen LogP contribution in [0, 0.1) is 10.8 Å². The summed E-state index contributed by atoms with van der Waals surface area (Å²) in [5.74, 6) is 0. The molecule has 0 spiro atoms. The van der Waals surface area contributed by atoms with Gasteiger partial charge in [-0.2, -0.15) is 0 Å². The van der Waals surface area contributed by atoms with Crippen LogP contribution in [0.5, 0.6) is 0 Å². The SMILES string of the molecule is CC1=C(/C=C/C(C)=C/C=C/C(C)=C/C=C/C=C(\C)CC/C=C(/C)CCC2=C(C)CCCC2(C)C)C(C)(C)CCC1. The average molecular weight is 541 g/mol. The molecule has 2 rings (SSSR count). The van der Waals surface area contributed by atoms with Crippen molar-refractivity contribution in [3.63, 3.8) is 0 Å². The zero-order valence-electron chi connectivity index (χ0n) is 27.8. The predicted octanol–water partition coefficient (Wildman–Crippen LogP) is 13.1. The molecule has 0 fully saturated rings. The molecule has 0 nitrogen and oxygen atoms in total. The molecule has 0 unspecified atom stereocenters. The molecule has 0 atom stereocenters. The average Bonchev–Trinajstić information content (AvgIpc) is 2.85. The van der Waals surface area contributed by atoms with Gasteiger partial charge in [-0.3, -0.25) is 0 Å². The van der Waals surface area contributed by atoms with Gasteiger partial charge < -0.3 is 0 Å². The van der Waals surface area contributed by atoms with Crippen LogP contribution in [0.3, 0.4) is 0 Å². The molecule has 0 heteroatoms. The third-order valence-corrected chi connectivity index (χ3v) is 9.11. The van der Waals surface area contributed by atoms with E-state index in [0.717, 1.165) is 12.8 Å². The van der Waals surface area contributed by atoms with Crippen LogP contribution in [0.25, 0.3) is 0 Å². The highest BCUT2D eigenvalue weighted by Gasteiger charge is 2.28. The molecule has 0 bridgehead atoms. The van der Waals surface area contributed by atoms with Crippen molar-refractivity contribution in [1.29, 1.82) is 0 Å². The van der Waals surface area contributed by atoms with Crippen molar-refractivity contribution < 1.29 is 0 Å². The number of hydrogen-bond donors (Lipinski definition) is 0. The minimum Gasteiger partial charge on any atom is -0.0853 e. The highest BCUT2D eigenvalue weighted by molar-refractivity contribution is 5.37. The van der Waals surface area contributed by atoms with Crippen molar-refractivity contribution >= 4 is 0 Å². The lowest BCUT2D eigenvalue weighted by Gasteiger charge is -2.35. The third kappa shape index (κ3) is 11.6. The minimum absolute atomic E-state index is 0.298. The van der Waals surface area contributed by atoms with Crippen LogP contribution in [0.15, 0.2) is 105 Å². The Bertz CT molecular complexity index is 1120. The lowest BCUT2D eigenvalue weighted by atomic mass is 9.71. The molecule has 0 amide bonds. The first-order valence-corrected chi connectivity index (χ1v) is 15.9. The quantitative estimate of drug-likeness (QED) is 0.170. The summed E-state index contributed by atoms with van der Waals surface area (Å²) >= 11 is 0. The zero-order chi connectivity index (χ0) is 29.8. The van der Waals surface area contributed by atoms with Gasteiger partial charge in [0.25, 0.3) is 0 Å². The molecule has 0 heterocycles. The number of rotatable bonds is 12. The van der Waals surface area contributed by atoms with Crippen molar-refractivity contribution in [2.45, 2.75) is 133 Å². The molecule has 0 N–H and O–H groups in total. The van der Waals surface area contributed by atoms with E-state index in [0.29, 0.717) is 10.8 Å². The topological polar surface area (TPSA) is 0 Å². The Hall–Kier alpha value is -2.34. The molecular weight excluding hydrogens is 480 g/mol. The van der Waals surface area contributed by atoms with Gasteiger partial charge in [0.05, 0.1) is 0 Å². The molecule has 0 aliphatic heterocycles. The standard InChI is InChI=1S/C40H60/c1-31(19-13-21-33(3)25-27-37-35(5)23-15-29-39(37,7)8)17-11-12-18-32(2)20-14-22-34(4)26-28-38-36(6)24-16-30-40(38,9)10/h11-13,17-19,21-22,25,27H,14-16,20,23-24,26,28-30H2,1-10H3/b12-11+,19-13+,27-25+,31-17+,32-18+,33-21+,34-22-. The maximum absolute atomic E-state index is 2.46. The van der Waals surface area contributed by atoms with Crippen molar-refractivity contribution in [1.82, 2.24) is 0 Å². The molecule has 0 aromatic rings. The van der Waals surface area contributed by atoms with Gasteiger partial charge >= 0.3 is 0 Å². The van der Waals surface area contributed by atoms with E-state index in [9.17, 15) is 0 Å². The second kappa shape index (κ2) is 16.2. The largest absolute Gasteiger partial charge is 0.0853 e. The van der Waals surface area contributed by atoms with Gasteiger partial charge in [0.15, 0.2) is 0 Å². The van der Waals surface area contributed by atoms with E-state index >= 15 is 0 Å². The van der Waals surface area contributed by atoms with Crippen LogP contribution in [0.4, 0.5) is 0 Å². The van der Waals surface area contributed by atoms with Crippen molar-refractivity contribution in [3.05, 3.63) is 105 Å². The summed E-state index contributed by atoms with van der Waals surface area (Å²) in [4.78, 5) is 0. The van der Waals surface area contributed by atoms with Crippen LogP contribution in [0.2, 0.25) is 0 Å². The van der Waals surface area contributed by atoms with Crippen molar-refractivity contribution in [2.24, 2.45) is 10.8 Å². The Morgan fingerprint density at radius 1 is 0.675 bits per heavy atom. The van der Waals surface area contributed by atoms with E-state index < -0.39 is 0 Å². The molecular formula is C40H60. The summed E-state index contributed by atoms with van der Waals surface area (Å²) in [6.07, 6.45) is 35.0. The Morgan fingerprint density at radius 2 is 1.27 bits per heavy atom. The van der Waals surface area contributed by atoms with Crippen molar-refractivity contribution in [3.8, 4) is 0 Å². The van der Waals surface area contributed by atoms with Crippen LogP contribution in [-0.4, -0.2) is 0 Å². The monoisotopic (exact) mass is 540 g/mol. The molecule has 0 aromatic carbocycles. The Morgan fingerprint density at radius 3 is 1.95 bits per heavy atom. The van der Waals surface area contributed by atoms with Gasteiger partial charge in [-0.05, 0) is 122 Å². The summed E-state index contributed by atoms with van der Waals surface area (Å²) in [6.45, 7) is 23.2. The first-order valence-electron chi connectivity index (χ1n) is 15.9. The van der Waals surface area contributed by atoms with Crippen molar-refractivity contribution in [2.75, 3.05) is 0 Å². The molecule has 0 saturated carbocycles. The van der Waals surface area contributed by atoms with Gasteiger partial charge in [-0.15, -0.1) is 0 Å². The first kappa shape index (κ1) is 33.9. The molecule has 0 aromatic heterocycles. The summed E-state index contributed by atoms with van der Waals surface area (Å²) in [5.41, 5.74) is 12.7. The molecule has 2 aliphatic carbocycles. The Balaban J connectivity index is 1.79. The van der Waals surface area contributed by atoms with Crippen LogP contribution < -0.4 is 0 Å². The molecule has 2 aliphatic rings. The number of hydrogen-bond acceptors (Lipinski definition) is 0. The van der Waals surface area contributed by atoms with Gasteiger partial charge in [0, 0.05) is 0 Å². The second-order valence-electron chi connectivity index (χ2n) is 13.9. The molecule has 0 saturated heterocycles. The molecule has 40 heavy (non-hydrogen) atoms.